The molecule has 3 aliphatic heterocycles. The van der Waals surface area contributed by atoms with E-state index in [1.54, 1.807) is 48.5 Å². The van der Waals surface area contributed by atoms with Crippen LogP contribution in [0.25, 0.3) is 0 Å². The van der Waals surface area contributed by atoms with E-state index in [2.05, 4.69) is 15.2 Å². The minimum Gasteiger partial charge on any atom is -0.378 e. The highest BCUT2D eigenvalue weighted by molar-refractivity contribution is 6.31. The number of pyridine rings is 1. The van der Waals surface area contributed by atoms with Crippen molar-refractivity contribution in [3.05, 3.63) is 87.4 Å². The van der Waals surface area contributed by atoms with Gasteiger partial charge in [0.2, 0.25) is 11.8 Å². The molecule has 212 valence electrons. The fourth-order valence-electron chi connectivity index (χ4n) is 7.35. The monoisotopic (exact) mass is 594 g/mol. The first kappa shape index (κ1) is 26.8. The number of halogens is 3. The molecule has 10 heteroatoms. The number of piperidine rings is 1. The van der Waals surface area contributed by atoms with E-state index < -0.39 is 23.2 Å². The topological polar surface area (TPSA) is 74.8 Å². The number of benzene rings is 2. The van der Waals surface area contributed by atoms with Crippen molar-refractivity contribution in [2.75, 3.05) is 30.4 Å². The van der Waals surface area contributed by atoms with E-state index in [1.165, 1.54) is 6.07 Å². The van der Waals surface area contributed by atoms with Crippen LogP contribution >= 0.6 is 23.2 Å². The zero-order chi connectivity index (χ0) is 28.5. The van der Waals surface area contributed by atoms with Crippen LogP contribution in [0.1, 0.15) is 42.0 Å². The summed E-state index contributed by atoms with van der Waals surface area (Å²) in [6.07, 6.45) is 4.42. The number of nitrogens with one attached hydrogen (secondary N) is 1. The van der Waals surface area contributed by atoms with Gasteiger partial charge in [-0.25, -0.2) is 4.39 Å². The Morgan fingerprint density at radius 1 is 1.12 bits per heavy atom. The molecule has 7 rings (SSSR count). The van der Waals surface area contributed by atoms with Crippen molar-refractivity contribution >= 4 is 46.4 Å². The second-order valence-electron chi connectivity index (χ2n) is 11.4. The van der Waals surface area contributed by atoms with Gasteiger partial charge < -0.3 is 15.0 Å². The number of rotatable bonds is 6. The van der Waals surface area contributed by atoms with Gasteiger partial charge in [0.25, 0.3) is 0 Å². The van der Waals surface area contributed by atoms with Crippen LogP contribution in [0.15, 0.2) is 54.7 Å². The normalized spacial score (nSPS) is 27.3. The molecule has 1 aromatic heterocycles. The molecule has 2 amide bonds. The van der Waals surface area contributed by atoms with Crippen LogP contribution in [0.4, 0.5) is 15.8 Å². The summed E-state index contributed by atoms with van der Waals surface area (Å²) in [5.74, 6) is -2.10. The third kappa shape index (κ3) is 4.10. The number of aromatic nitrogens is 1. The van der Waals surface area contributed by atoms with Gasteiger partial charge in [-0.2, -0.15) is 0 Å². The van der Waals surface area contributed by atoms with E-state index in [0.717, 1.165) is 18.4 Å². The largest absolute Gasteiger partial charge is 0.378 e. The fraction of sp³-hybridized carbons (Fsp3) is 0.387. The van der Waals surface area contributed by atoms with E-state index in [1.807, 2.05) is 12.1 Å². The van der Waals surface area contributed by atoms with Crippen LogP contribution < -0.4 is 10.2 Å². The summed E-state index contributed by atoms with van der Waals surface area (Å²) >= 11 is 12.7. The molecule has 0 unspecified atom stereocenters. The highest BCUT2D eigenvalue weighted by Crippen LogP contribution is 2.62. The summed E-state index contributed by atoms with van der Waals surface area (Å²) in [4.78, 5) is 37.4. The molecule has 7 nitrogen and oxygen atoms in total. The molecule has 4 heterocycles. The molecule has 3 aromatic rings. The van der Waals surface area contributed by atoms with Crippen molar-refractivity contribution in [3.8, 4) is 0 Å². The Labute approximate surface area is 247 Å². The third-order valence-corrected chi connectivity index (χ3v) is 9.66. The fourth-order valence-corrected chi connectivity index (χ4v) is 7.70. The van der Waals surface area contributed by atoms with Gasteiger partial charge in [0.15, 0.2) is 0 Å². The van der Waals surface area contributed by atoms with Gasteiger partial charge in [-0.3, -0.25) is 19.5 Å². The quantitative estimate of drug-likeness (QED) is 0.393. The highest BCUT2D eigenvalue weighted by Gasteiger charge is 2.70. The zero-order valence-corrected chi connectivity index (χ0v) is 24.0. The molecule has 4 aliphatic rings. The van der Waals surface area contributed by atoms with Gasteiger partial charge in [-0.15, -0.1) is 0 Å². The van der Waals surface area contributed by atoms with Gasteiger partial charge in [0.1, 0.15) is 11.4 Å². The van der Waals surface area contributed by atoms with E-state index in [4.69, 9.17) is 27.9 Å². The molecule has 1 aliphatic carbocycles. The van der Waals surface area contributed by atoms with Crippen LogP contribution in [0, 0.1) is 17.7 Å². The first-order chi connectivity index (χ1) is 19.8. The zero-order valence-electron chi connectivity index (χ0n) is 22.4. The number of hydrogen-bond donors (Lipinski definition) is 1. The molecule has 1 N–H and O–H groups in total. The molecule has 4 atom stereocenters. The predicted octanol–water partition coefficient (Wildman–Crippen LogP) is 5.75. The van der Waals surface area contributed by atoms with Crippen LogP contribution in [0.5, 0.6) is 0 Å². The number of hydrogen-bond acceptors (Lipinski definition) is 5. The van der Waals surface area contributed by atoms with Crippen molar-refractivity contribution < 1.29 is 18.7 Å². The Morgan fingerprint density at radius 2 is 1.95 bits per heavy atom. The molecule has 2 saturated heterocycles. The molecular weight excluding hydrogens is 566 g/mol. The maximum atomic E-state index is 16.1. The Morgan fingerprint density at radius 3 is 2.73 bits per heavy atom. The van der Waals surface area contributed by atoms with E-state index in [9.17, 15) is 9.59 Å². The van der Waals surface area contributed by atoms with Crippen molar-refractivity contribution in [1.29, 1.82) is 0 Å². The third-order valence-electron chi connectivity index (χ3n) is 9.14. The Kier molecular flexibility index (Phi) is 6.58. The summed E-state index contributed by atoms with van der Waals surface area (Å²) in [7, 11) is 1.60. The maximum Gasteiger partial charge on any atom is 0.250 e. The molecule has 41 heavy (non-hydrogen) atoms. The number of nitrogens with zero attached hydrogens (tertiary/aromatic N) is 3. The van der Waals surface area contributed by atoms with Gasteiger partial charge in [0.05, 0.1) is 23.2 Å². The van der Waals surface area contributed by atoms with Crippen molar-refractivity contribution in [2.45, 2.75) is 43.4 Å². The molecule has 1 spiro atoms. The Hall–Kier alpha value is -3.04. The second kappa shape index (κ2) is 10.1. The van der Waals surface area contributed by atoms with Gasteiger partial charge in [-0.1, -0.05) is 41.4 Å². The SMILES string of the molecule is COCc1cc(N2CC[C@H]3[C@@H](C2=O)[C@H](c2cccc(Cl)c2F)[C@]2(C(=O)Nc4cc(Cl)ccc42)N3CC2CC2)ccn1. The lowest BCUT2D eigenvalue weighted by molar-refractivity contribution is -0.128. The highest BCUT2D eigenvalue weighted by atomic mass is 35.5. The summed E-state index contributed by atoms with van der Waals surface area (Å²) in [5, 5.41) is 3.50. The van der Waals surface area contributed by atoms with Crippen molar-refractivity contribution in [3.63, 3.8) is 0 Å². The minimum atomic E-state index is -1.30. The number of carbonyl (C=O) groups excluding carboxylic acids is 2. The average molecular weight is 596 g/mol. The summed E-state index contributed by atoms with van der Waals surface area (Å²) in [6.45, 7) is 1.43. The summed E-state index contributed by atoms with van der Waals surface area (Å²) in [5.41, 5.74) is 1.70. The standard InChI is InChI=1S/C31H29Cl2FN4O3/c1-41-16-19-14-20(9-11-35-19)37-12-10-25-26(29(37)39)27(21-3-2-4-23(33)28(21)34)31(38(25)15-17-5-6-17)22-8-7-18(32)13-24(22)36-30(31)40/h2-4,7-9,11,13-14,17,25-27H,5-6,10,12,15-16H2,1H3,(H,36,40)/t25-,26+,27-,31+/m0/s1. The number of amides is 2. The molecule has 0 bridgehead atoms. The first-order valence-corrected chi connectivity index (χ1v) is 14.7. The first-order valence-electron chi connectivity index (χ1n) is 13.9. The lowest BCUT2D eigenvalue weighted by Gasteiger charge is -2.40. The van der Waals surface area contributed by atoms with Crippen LogP contribution in [-0.2, 0) is 26.5 Å². The predicted molar refractivity (Wildman–Crippen MR) is 155 cm³/mol. The molecule has 0 radical (unpaired) electrons. The van der Waals surface area contributed by atoms with Crippen molar-refractivity contribution in [2.24, 2.45) is 11.8 Å². The average Bonchev–Trinajstić information content (AvgIpc) is 3.67. The maximum absolute atomic E-state index is 16.1. The van der Waals surface area contributed by atoms with Crippen LogP contribution in [0.2, 0.25) is 10.0 Å². The van der Waals surface area contributed by atoms with Gasteiger partial charge >= 0.3 is 0 Å². The smallest absolute Gasteiger partial charge is 0.250 e. The number of fused-ring (bicyclic) bond motifs is 3. The number of ether oxygens (including phenoxy) is 1. The Balaban J connectivity index is 1.44. The van der Waals surface area contributed by atoms with E-state index in [0.29, 0.717) is 54.1 Å². The van der Waals surface area contributed by atoms with E-state index in [-0.39, 0.29) is 28.4 Å². The molecule has 1 saturated carbocycles. The van der Waals surface area contributed by atoms with Gasteiger partial charge in [0, 0.05) is 60.3 Å². The summed E-state index contributed by atoms with van der Waals surface area (Å²) < 4.78 is 21.3. The molecule has 2 aromatic carbocycles. The number of carbonyl (C=O) groups is 2. The molecular formula is C31H29Cl2FN4O3. The minimum absolute atomic E-state index is 0.0389. The lowest BCUT2D eigenvalue weighted by Crippen LogP contribution is -2.54. The van der Waals surface area contributed by atoms with Crippen LogP contribution in [-0.4, -0.2) is 47.9 Å². The van der Waals surface area contributed by atoms with E-state index >= 15 is 4.39 Å². The summed E-state index contributed by atoms with van der Waals surface area (Å²) in [6, 6.07) is 13.6. The van der Waals surface area contributed by atoms with Gasteiger partial charge in [-0.05, 0) is 61.1 Å². The number of likely N-dealkylation sites (tertiary alicyclic amines) is 1. The lowest BCUT2D eigenvalue weighted by atomic mass is 9.70. The Bertz CT molecular complexity index is 1570. The number of methoxy groups -OCH3 is 1. The van der Waals surface area contributed by atoms with Crippen molar-refractivity contribution in [1.82, 2.24) is 9.88 Å². The van der Waals surface area contributed by atoms with Crippen LogP contribution in [0.3, 0.4) is 0 Å². The number of anilines is 2. The molecule has 3 fully saturated rings. The second-order valence-corrected chi connectivity index (χ2v) is 12.3.